The Morgan fingerprint density at radius 1 is 1.09 bits per heavy atom. The lowest BCUT2D eigenvalue weighted by molar-refractivity contribution is 0.282. The summed E-state index contributed by atoms with van der Waals surface area (Å²) in [6.45, 7) is 0.421. The molecule has 1 N–H and O–H groups in total. The number of allylic oxidation sites excluding steroid dienone is 2. The lowest BCUT2D eigenvalue weighted by Gasteiger charge is -2.38. The van der Waals surface area contributed by atoms with Gasteiger partial charge < -0.3 is 14.8 Å². The van der Waals surface area contributed by atoms with Crippen LogP contribution in [-0.4, -0.2) is 7.11 Å². The van der Waals surface area contributed by atoms with Crippen LogP contribution in [0.5, 0.6) is 11.5 Å². The molecular formula is C26H22BrCl2NO2. The second-order valence-corrected chi connectivity index (χ2v) is 9.83. The molecule has 0 saturated carbocycles. The first-order valence-electron chi connectivity index (χ1n) is 10.5. The number of ether oxygens (including phenoxy) is 2. The molecule has 0 saturated heterocycles. The fourth-order valence-corrected chi connectivity index (χ4v) is 5.65. The van der Waals surface area contributed by atoms with Crippen LogP contribution in [0, 0.1) is 5.92 Å². The minimum Gasteiger partial charge on any atom is -0.493 e. The molecule has 0 radical (unpaired) electrons. The van der Waals surface area contributed by atoms with Gasteiger partial charge in [0.25, 0.3) is 0 Å². The molecule has 5 rings (SSSR count). The summed E-state index contributed by atoms with van der Waals surface area (Å²) in [5, 5.41) is 5.17. The summed E-state index contributed by atoms with van der Waals surface area (Å²) in [5.74, 6) is 2.14. The van der Waals surface area contributed by atoms with Crippen LogP contribution in [0.15, 0.2) is 71.2 Å². The van der Waals surface area contributed by atoms with Crippen LogP contribution in [0.3, 0.4) is 0 Å². The Morgan fingerprint density at radius 2 is 1.91 bits per heavy atom. The molecule has 0 amide bonds. The van der Waals surface area contributed by atoms with Gasteiger partial charge in [-0.2, -0.15) is 0 Å². The Bertz CT molecular complexity index is 1180. The SMILES string of the molecule is COc1cc([C@@H]2Nc3c(Cl)cccc3[C@@H]3C=CC[C@@H]32)cc(Br)c1OCc1ccc(Cl)cc1. The first-order chi connectivity index (χ1) is 15.5. The van der Waals surface area contributed by atoms with Gasteiger partial charge in [0, 0.05) is 10.9 Å². The minimum absolute atomic E-state index is 0.109. The zero-order valence-electron chi connectivity index (χ0n) is 17.4. The fourth-order valence-electron chi connectivity index (χ4n) is 4.71. The van der Waals surface area contributed by atoms with Gasteiger partial charge >= 0.3 is 0 Å². The summed E-state index contributed by atoms with van der Waals surface area (Å²) in [6, 6.07) is 18.1. The van der Waals surface area contributed by atoms with E-state index in [1.54, 1.807) is 7.11 Å². The van der Waals surface area contributed by atoms with E-state index in [2.05, 4.69) is 51.6 Å². The quantitative estimate of drug-likeness (QED) is 0.337. The smallest absolute Gasteiger partial charge is 0.175 e. The van der Waals surface area contributed by atoms with E-state index in [0.29, 0.717) is 35.0 Å². The highest BCUT2D eigenvalue weighted by Crippen LogP contribution is 2.52. The van der Waals surface area contributed by atoms with E-state index >= 15 is 0 Å². The Labute approximate surface area is 206 Å². The van der Waals surface area contributed by atoms with Gasteiger partial charge in [0.15, 0.2) is 11.5 Å². The van der Waals surface area contributed by atoms with E-state index in [0.717, 1.165) is 32.7 Å². The molecule has 1 aliphatic carbocycles. The number of hydrogen-bond donors (Lipinski definition) is 1. The fraction of sp³-hybridized carbons (Fsp3) is 0.231. The summed E-state index contributed by atoms with van der Waals surface area (Å²) in [5.41, 5.74) is 4.45. The van der Waals surface area contributed by atoms with Crippen molar-refractivity contribution in [3.63, 3.8) is 0 Å². The van der Waals surface area contributed by atoms with Crippen molar-refractivity contribution in [1.29, 1.82) is 0 Å². The third kappa shape index (κ3) is 4.00. The Balaban J connectivity index is 1.46. The number of fused-ring (bicyclic) bond motifs is 3. The molecular weight excluding hydrogens is 509 g/mol. The van der Waals surface area contributed by atoms with Crippen molar-refractivity contribution in [3.8, 4) is 11.5 Å². The van der Waals surface area contributed by atoms with Gasteiger partial charge in [-0.05, 0) is 75.3 Å². The van der Waals surface area contributed by atoms with Crippen molar-refractivity contribution >= 4 is 44.8 Å². The average molecular weight is 531 g/mol. The van der Waals surface area contributed by atoms with Gasteiger partial charge in [0.1, 0.15) is 6.61 Å². The highest BCUT2D eigenvalue weighted by molar-refractivity contribution is 9.10. The van der Waals surface area contributed by atoms with E-state index in [4.69, 9.17) is 32.7 Å². The Morgan fingerprint density at radius 3 is 2.69 bits per heavy atom. The van der Waals surface area contributed by atoms with Crippen molar-refractivity contribution in [3.05, 3.63) is 98.0 Å². The highest BCUT2D eigenvalue weighted by atomic mass is 79.9. The molecule has 32 heavy (non-hydrogen) atoms. The van der Waals surface area contributed by atoms with Gasteiger partial charge in [-0.15, -0.1) is 0 Å². The number of rotatable bonds is 5. The van der Waals surface area contributed by atoms with Gasteiger partial charge in [0.05, 0.1) is 28.3 Å². The van der Waals surface area contributed by atoms with Crippen LogP contribution in [0.25, 0.3) is 0 Å². The van der Waals surface area contributed by atoms with Crippen LogP contribution < -0.4 is 14.8 Å². The standard InChI is InChI=1S/C26H22BrCl2NO2/c1-31-23-13-16(12-21(27)26(23)32-14-15-8-10-17(28)11-9-15)24-19-5-2-4-18(19)20-6-3-7-22(29)25(20)30-24/h2-4,6-13,18-19,24,30H,5,14H2,1H3/t18-,19+,24+/m1/s1. The van der Waals surface area contributed by atoms with Crippen molar-refractivity contribution in [2.45, 2.75) is 25.0 Å². The van der Waals surface area contributed by atoms with Crippen molar-refractivity contribution < 1.29 is 9.47 Å². The molecule has 0 spiro atoms. The first kappa shape index (κ1) is 21.7. The number of anilines is 1. The third-order valence-corrected chi connectivity index (χ3v) is 7.41. The molecule has 3 atom stereocenters. The maximum Gasteiger partial charge on any atom is 0.175 e. The van der Waals surface area contributed by atoms with Crippen molar-refractivity contribution in [2.75, 3.05) is 12.4 Å². The predicted molar refractivity (Wildman–Crippen MR) is 134 cm³/mol. The van der Waals surface area contributed by atoms with Crippen LogP contribution in [0.1, 0.15) is 35.1 Å². The third-order valence-electron chi connectivity index (χ3n) is 6.25. The van der Waals surface area contributed by atoms with Crippen molar-refractivity contribution in [2.24, 2.45) is 5.92 Å². The zero-order chi connectivity index (χ0) is 22.2. The number of benzene rings is 3. The molecule has 1 heterocycles. The van der Waals surface area contributed by atoms with E-state index in [-0.39, 0.29) is 6.04 Å². The second-order valence-electron chi connectivity index (χ2n) is 8.13. The molecule has 2 aliphatic rings. The summed E-state index contributed by atoms with van der Waals surface area (Å²) < 4.78 is 12.7. The van der Waals surface area contributed by atoms with Crippen LogP contribution in [0.2, 0.25) is 10.0 Å². The molecule has 164 valence electrons. The van der Waals surface area contributed by atoms with Gasteiger partial charge in [-0.3, -0.25) is 0 Å². The van der Waals surface area contributed by atoms with E-state index in [9.17, 15) is 0 Å². The van der Waals surface area contributed by atoms with E-state index in [1.807, 2.05) is 36.4 Å². The molecule has 0 fully saturated rings. The molecule has 0 unspecified atom stereocenters. The zero-order valence-corrected chi connectivity index (χ0v) is 20.5. The number of nitrogens with one attached hydrogen (secondary N) is 1. The topological polar surface area (TPSA) is 30.5 Å². The number of methoxy groups -OCH3 is 1. The van der Waals surface area contributed by atoms with Crippen LogP contribution in [-0.2, 0) is 6.61 Å². The molecule has 3 nitrogen and oxygen atoms in total. The normalized spacial score (nSPS) is 20.9. The van der Waals surface area contributed by atoms with Gasteiger partial charge in [0.2, 0.25) is 0 Å². The maximum atomic E-state index is 6.56. The van der Waals surface area contributed by atoms with E-state index in [1.165, 1.54) is 5.56 Å². The summed E-state index contributed by atoms with van der Waals surface area (Å²) in [7, 11) is 1.67. The summed E-state index contributed by atoms with van der Waals surface area (Å²) in [4.78, 5) is 0. The highest BCUT2D eigenvalue weighted by Gasteiger charge is 2.39. The van der Waals surface area contributed by atoms with Crippen LogP contribution >= 0.6 is 39.1 Å². The molecule has 0 bridgehead atoms. The number of para-hydroxylation sites is 1. The summed E-state index contributed by atoms with van der Waals surface area (Å²) >= 11 is 16.3. The lowest BCUT2D eigenvalue weighted by atomic mass is 9.77. The number of halogens is 3. The molecule has 3 aromatic carbocycles. The minimum atomic E-state index is 0.109. The van der Waals surface area contributed by atoms with Crippen LogP contribution in [0.4, 0.5) is 5.69 Å². The average Bonchev–Trinajstić information content (AvgIpc) is 3.29. The lowest BCUT2D eigenvalue weighted by Crippen LogP contribution is -2.29. The van der Waals surface area contributed by atoms with Gasteiger partial charge in [-0.25, -0.2) is 0 Å². The molecule has 0 aromatic heterocycles. The molecule has 1 aliphatic heterocycles. The summed E-state index contributed by atoms with van der Waals surface area (Å²) in [6.07, 6.45) is 5.60. The largest absolute Gasteiger partial charge is 0.493 e. The molecule has 3 aromatic rings. The van der Waals surface area contributed by atoms with Crippen molar-refractivity contribution in [1.82, 2.24) is 0 Å². The first-order valence-corrected chi connectivity index (χ1v) is 12.1. The Hall–Kier alpha value is -2.14. The Kier molecular flexibility index (Phi) is 6.11. The number of hydrogen-bond acceptors (Lipinski definition) is 3. The maximum absolute atomic E-state index is 6.56. The van der Waals surface area contributed by atoms with Gasteiger partial charge in [-0.1, -0.05) is 59.6 Å². The second kappa shape index (κ2) is 9.01. The van der Waals surface area contributed by atoms with E-state index < -0.39 is 0 Å². The molecule has 6 heteroatoms. The predicted octanol–water partition coefficient (Wildman–Crippen LogP) is 8.17. The monoisotopic (exact) mass is 529 g/mol.